The highest BCUT2D eigenvalue weighted by Crippen LogP contribution is 2.38. The number of aryl methyl sites for hydroxylation is 2. The Morgan fingerprint density at radius 2 is 2.20 bits per heavy atom. The van der Waals surface area contributed by atoms with Crippen molar-refractivity contribution in [3.8, 4) is 0 Å². The highest BCUT2D eigenvalue weighted by molar-refractivity contribution is 7.11. The number of hydrogen-bond acceptors (Lipinski definition) is 4. The summed E-state index contributed by atoms with van der Waals surface area (Å²) in [5, 5.41) is 5.01. The van der Waals surface area contributed by atoms with Gasteiger partial charge in [0.2, 0.25) is 0 Å². The van der Waals surface area contributed by atoms with E-state index in [9.17, 15) is 0 Å². The van der Waals surface area contributed by atoms with Gasteiger partial charge in [-0.1, -0.05) is 27.2 Å². The molecule has 1 aromatic rings. The van der Waals surface area contributed by atoms with Crippen molar-refractivity contribution >= 4 is 11.3 Å². The molecule has 4 heteroatoms. The molecule has 0 aromatic carbocycles. The number of nitrogens with zero attached hydrogens (tertiary/aromatic N) is 1. The Morgan fingerprint density at radius 1 is 1.40 bits per heavy atom. The van der Waals surface area contributed by atoms with Crippen LogP contribution in [0.2, 0.25) is 0 Å². The molecule has 1 N–H and O–H groups in total. The lowest BCUT2D eigenvalue weighted by Crippen LogP contribution is -2.49. The number of thiazole rings is 1. The number of rotatable bonds is 6. The second kappa shape index (κ2) is 7.01. The molecule has 1 aliphatic rings. The van der Waals surface area contributed by atoms with Crippen LogP contribution in [0.5, 0.6) is 0 Å². The van der Waals surface area contributed by atoms with E-state index in [2.05, 4.69) is 33.0 Å². The van der Waals surface area contributed by atoms with Gasteiger partial charge in [0.05, 0.1) is 17.3 Å². The molecular formula is C16H28N2OS. The lowest BCUT2D eigenvalue weighted by Gasteiger charge is -2.40. The van der Waals surface area contributed by atoms with Gasteiger partial charge in [-0.05, 0) is 39.2 Å². The summed E-state index contributed by atoms with van der Waals surface area (Å²) in [6.07, 6.45) is 5.84. The molecule has 0 spiro atoms. The van der Waals surface area contributed by atoms with E-state index in [1.165, 1.54) is 22.0 Å². The number of hydrogen-bond donors (Lipinski definition) is 1. The molecule has 0 saturated carbocycles. The van der Waals surface area contributed by atoms with Crippen molar-refractivity contribution < 1.29 is 4.74 Å². The van der Waals surface area contributed by atoms with Gasteiger partial charge < -0.3 is 10.1 Å². The molecule has 3 nitrogen and oxygen atoms in total. The van der Waals surface area contributed by atoms with Crippen molar-refractivity contribution in [1.29, 1.82) is 0 Å². The molecule has 2 atom stereocenters. The smallest absolute Gasteiger partial charge is 0.113 e. The summed E-state index contributed by atoms with van der Waals surface area (Å²) in [4.78, 5) is 6.31. The first-order valence-corrected chi connectivity index (χ1v) is 8.80. The number of nitrogens with one attached hydrogen (secondary N) is 1. The summed E-state index contributed by atoms with van der Waals surface area (Å²) in [5.74, 6) is 0. The van der Waals surface area contributed by atoms with Crippen LogP contribution in [-0.4, -0.2) is 24.2 Å². The van der Waals surface area contributed by atoms with Gasteiger partial charge in [0.25, 0.3) is 0 Å². The molecule has 2 unspecified atom stereocenters. The largest absolute Gasteiger partial charge is 0.378 e. The van der Waals surface area contributed by atoms with Gasteiger partial charge in [-0.2, -0.15) is 0 Å². The highest BCUT2D eigenvalue weighted by Gasteiger charge is 2.40. The van der Waals surface area contributed by atoms with Gasteiger partial charge in [-0.15, -0.1) is 11.3 Å². The minimum atomic E-state index is 0.0374. The van der Waals surface area contributed by atoms with Crippen molar-refractivity contribution in [1.82, 2.24) is 10.3 Å². The van der Waals surface area contributed by atoms with Crippen LogP contribution in [0.25, 0.3) is 0 Å². The summed E-state index contributed by atoms with van der Waals surface area (Å²) in [6, 6.07) is 0. The fraction of sp³-hybridized carbons (Fsp3) is 0.812. The molecule has 1 fully saturated rings. The zero-order chi connectivity index (χ0) is 14.6. The van der Waals surface area contributed by atoms with Crippen molar-refractivity contribution in [3.63, 3.8) is 0 Å². The molecule has 114 valence electrons. The average molecular weight is 296 g/mol. The third-order valence-electron chi connectivity index (χ3n) is 4.22. The summed E-state index contributed by atoms with van der Waals surface area (Å²) < 4.78 is 5.94. The normalized spacial score (nSPS) is 26.9. The van der Waals surface area contributed by atoms with E-state index >= 15 is 0 Å². The second-order valence-electron chi connectivity index (χ2n) is 5.72. The van der Waals surface area contributed by atoms with Crippen LogP contribution in [-0.2, 0) is 16.7 Å². The molecule has 0 radical (unpaired) electrons. The van der Waals surface area contributed by atoms with Crippen LogP contribution < -0.4 is 5.32 Å². The number of ether oxygens (including phenoxy) is 1. The first kappa shape index (κ1) is 15.9. The standard InChI is InChI=1S/C16H28N2OS/c1-5-8-13-11-16(17-7-3,9-10-19-13)15-18-14(6-2)12(4)20-15/h13,17H,5-11H2,1-4H3. The lowest BCUT2D eigenvalue weighted by molar-refractivity contribution is -0.0345. The Labute approximate surface area is 127 Å². The summed E-state index contributed by atoms with van der Waals surface area (Å²) in [5.41, 5.74) is 1.30. The zero-order valence-electron chi connectivity index (χ0n) is 13.3. The predicted octanol–water partition coefficient (Wildman–Crippen LogP) is 3.80. The molecule has 2 heterocycles. The summed E-state index contributed by atoms with van der Waals surface area (Å²) in [6.45, 7) is 10.6. The lowest BCUT2D eigenvalue weighted by atomic mass is 9.85. The van der Waals surface area contributed by atoms with Crippen LogP contribution in [0.15, 0.2) is 0 Å². The minimum absolute atomic E-state index is 0.0374. The van der Waals surface area contributed by atoms with E-state index < -0.39 is 0 Å². The maximum atomic E-state index is 5.94. The maximum absolute atomic E-state index is 5.94. The molecule has 0 aliphatic carbocycles. The first-order chi connectivity index (χ1) is 9.65. The van der Waals surface area contributed by atoms with E-state index in [0.717, 1.165) is 38.8 Å². The van der Waals surface area contributed by atoms with Crippen LogP contribution >= 0.6 is 11.3 Å². The monoisotopic (exact) mass is 296 g/mol. The van der Waals surface area contributed by atoms with Gasteiger partial charge in [-0.3, -0.25) is 0 Å². The molecule has 1 saturated heterocycles. The van der Waals surface area contributed by atoms with Gasteiger partial charge in [0.1, 0.15) is 5.01 Å². The molecule has 1 aliphatic heterocycles. The minimum Gasteiger partial charge on any atom is -0.378 e. The van der Waals surface area contributed by atoms with Crippen molar-refractivity contribution in [2.45, 2.75) is 71.4 Å². The Bertz CT molecular complexity index is 426. The predicted molar refractivity (Wildman–Crippen MR) is 85.5 cm³/mol. The van der Waals surface area contributed by atoms with Gasteiger partial charge in [-0.25, -0.2) is 4.98 Å². The Hall–Kier alpha value is -0.450. The van der Waals surface area contributed by atoms with Crippen LogP contribution in [0.1, 0.15) is 62.0 Å². The SMILES string of the molecule is CCCC1CC(NCC)(c2nc(CC)c(C)s2)CCO1. The quantitative estimate of drug-likeness (QED) is 0.867. The first-order valence-electron chi connectivity index (χ1n) is 7.98. The third-order valence-corrected chi connectivity index (χ3v) is 5.44. The van der Waals surface area contributed by atoms with Crippen LogP contribution in [0, 0.1) is 6.92 Å². The van der Waals surface area contributed by atoms with Gasteiger partial charge in [0, 0.05) is 11.5 Å². The third kappa shape index (κ3) is 3.23. The molecule has 2 rings (SSSR count). The molecule has 1 aromatic heterocycles. The van der Waals surface area contributed by atoms with Crippen molar-refractivity contribution in [2.24, 2.45) is 0 Å². The van der Waals surface area contributed by atoms with Crippen LogP contribution in [0.3, 0.4) is 0 Å². The highest BCUT2D eigenvalue weighted by atomic mass is 32.1. The number of aromatic nitrogens is 1. The fourth-order valence-corrected chi connectivity index (χ4v) is 4.39. The Kier molecular flexibility index (Phi) is 5.58. The van der Waals surface area contributed by atoms with E-state index in [4.69, 9.17) is 9.72 Å². The molecule has 0 bridgehead atoms. The zero-order valence-corrected chi connectivity index (χ0v) is 14.1. The second-order valence-corrected chi connectivity index (χ2v) is 6.93. The topological polar surface area (TPSA) is 34.2 Å². The summed E-state index contributed by atoms with van der Waals surface area (Å²) >= 11 is 1.88. The van der Waals surface area contributed by atoms with E-state index in [1.807, 2.05) is 11.3 Å². The Morgan fingerprint density at radius 3 is 2.80 bits per heavy atom. The Balaban J connectivity index is 2.27. The molecule has 20 heavy (non-hydrogen) atoms. The van der Waals surface area contributed by atoms with Crippen LogP contribution in [0.4, 0.5) is 0 Å². The van der Waals surface area contributed by atoms with E-state index in [1.54, 1.807) is 0 Å². The van der Waals surface area contributed by atoms with Gasteiger partial charge >= 0.3 is 0 Å². The fourth-order valence-electron chi connectivity index (χ4n) is 3.19. The summed E-state index contributed by atoms with van der Waals surface area (Å²) in [7, 11) is 0. The maximum Gasteiger partial charge on any atom is 0.113 e. The molecular weight excluding hydrogens is 268 g/mol. The van der Waals surface area contributed by atoms with Crippen molar-refractivity contribution in [2.75, 3.05) is 13.2 Å². The van der Waals surface area contributed by atoms with Gasteiger partial charge in [0.15, 0.2) is 0 Å². The van der Waals surface area contributed by atoms with E-state index in [0.29, 0.717) is 6.10 Å². The molecule has 0 amide bonds. The van der Waals surface area contributed by atoms with E-state index in [-0.39, 0.29) is 5.54 Å². The average Bonchev–Trinajstić information content (AvgIpc) is 2.82. The van der Waals surface area contributed by atoms with Crippen molar-refractivity contribution in [3.05, 3.63) is 15.6 Å².